The number of hydrogen-bond acceptors (Lipinski definition) is 1. The number of hydrogen-bond donors (Lipinski definition) is 0. The maximum absolute atomic E-state index is 5.33. The van der Waals surface area contributed by atoms with Crippen LogP contribution in [0.15, 0.2) is 0 Å². The fourth-order valence-corrected chi connectivity index (χ4v) is 1.40. The van der Waals surface area contributed by atoms with Gasteiger partial charge >= 0.3 is 0 Å². The van der Waals surface area contributed by atoms with E-state index in [1.54, 1.807) is 0 Å². The molecular formula is C6H13BrOSi-. The zero-order valence-electron chi connectivity index (χ0n) is 6.20. The van der Waals surface area contributed by atoms with Crippen LogP contribution >= 0.6 is 15.9 Å². The highest BCUT2D eigenvalue weighted by Gasteiger charge is 1.94. The molecule has 1 nitrogen and oxygen atoms in total. The van der Waals surface area contributed by atoms with Crippen molar-refractivity contribution in [1.29, 1.82) is 0 Å². The molecule has 0 heterocycles. The largest absolute Gasteiger partial charge is 0.621 e. The molecule has 0 bridgehead atoms. The van der Waals surface area contributed by atoms with E-state index in [-0.39, 0.29) is 0 Å². The summed E-state index contributed by atoms with van der Waals surface area (Å²) in [6, 6.07) is 0. The van der Waals surface area contributed by atoms with Crippen molar-refractivity contribution in [3.05, 3.63) is 0 Å². The van der Waals surface area contributed by atoms with Crippen LogP contribution in [0.25, 0.3) is 0 Å². The summed E-state index contributed by atoms with van der Waals surface area (Å²) < 4.78 is 5.33. The van der Waals surface area contributed by atoms with Crippen LogP contribution in [0, 0.1) is 0 Å². The Morgan fingerprint density at radius 1 is 1.44 bits per heavy atom. The zero-order chi connectivity index (χ0) is 7.33. The lowest BCUT2D eigenvalue weighted by molar-refractivity contribution is 0.348. The third-order valence-electron chi connectivity index (χ3n) is 0.558. The van der Waals surface area contributed by atoms with Crippen molar-refractivity contribution in [3.63, 3.8) is 0 Å². The van der Waals surface area contributed by atoms with Gasteiger partial charge in [-0.15, -0.1) is 0 Å². The molecule has 0 aromatic carbocycles. The summed E-state index contributed by atoms with van der Waals surface area (Å²) in [6.45, 7) is 7.37. The predicted molar refractivity (Wildman–Crippen MR) is 45.2 cm³/mol. The van der Waals surface area contributed by atoms with E-state index >= 15 is 0 Å². The number of rotatable bonds is 3. The molecule has 0 saturated heterocycles. The van der Waals surface area contributed by atoms with Gasteiger partial charge in [-0.3, -0.25) is 9.76 Å². The molecule has 0 unspecified atom stereocenters. The molecule has 0 N–H and O–H groups in total. The maximum atomic E-state index is 5.33. The van der Waals surface area contributed by atoms with Gasteiger partial charge < -0.3 is 4.43 Å². The van der Waals surface area contributed by atoms with Gasteiger partial charge in [0.2, 0.25) is 0 Å². The Kier molecular flexibility index (Phi) is 4.80. The van der Waals surface area contributed by atoms with Gasteiger partial charge in [-0.1, -0.05) is 36.7 Å². The van der Waals surface area contributed by atoms with Gasteiger partial charge in [0.25, 0.3) is 0 Å². The van der Waals surface area contributed by atoms with Crippen LogP contribution in [0.1, 0.15) is 20.8 Å². The van der Waals surface area contributed by atoms with Gasteiger partial charge in [0.05, 0.1) is 0 Å². The first kappa shape index (κ1) is 9.66. The van der Waals surface area contributed by atoms with Gasteiger partial charge in [0.15, 0.2) is 0 Å². The Morgan fingerprint density at radius 3 is 2.33 bits per heavy atom. The van der Waals surface area contributed by atoms with Gasteiger partial charge in [-0.2, -0.15) is 5.04 Å². The third kappa shape index (κ3) is 8.66. The van der Waals surface area contributed by atoms with Crippen LogP contribution in [0.5, 0.6) is 0 Å². The zero-order valence-corrected chi connectivity index (χ0v) is 8.79. The minimum absolute atomic E-state index is 0.335. The van der Waals surface area contributed by atoms with Crippen molar-refractivity contribution < 1.29 is 4.43 Å². The van der Waals surface area contributed by atoms with Gasteiger partial charge in [0.1, 0.15) is 0 Å². The number of halogens is 1. The van der Waals surface area contributed by atoms with Crippen LogP contribution in [0.2, 0.25) is 5.04 Å². The van der Waals surface area contributed by atoms with E-state index in [2.05, 4.69) is 36.7 Å². The van der Waals surface area contributed by atoms with Crippen LogP contribution < -0.4 is 0 Å². The van der Waals surface area contributed by atoms with Crippen molar-refractivity contribution in [2.45, 2.75) is 25.8 Å². The van der Waals surface area contributed by atoms with Crippen molar-refractivity contribution in [2.24, 2.45) is 0 Å². The summed E-state index contributed by atoms with van der Waals surface area (Å²) in [7, 11) is 0.618. The lowest BCUT2D eigenvalue weighted by Crippen LogP contribution is -2.13. The monoisotopic (exact) mass is 208 g/mol. The molecule has 0 aliphatic carbocycles. The average Bonchev–Trinajstić information content (AvgIpc) is 1.63. The summed E-state index contributed by atoms with van der Waals surface area (Å²) in [5.74, 6) is 0. The summed E-state index contributed by atoms with van der Waals surface area (Å²) in [4.78, 5) is 0. The lowest BCUT2D eigenvalue weighted by atomic mass is 10.3. The standard InChI is InChI=1S/C6H13BrOSi/c1-6(2,3)9-8-5-4-7/h4-5H2,1-3H3/q-1. The van der Waals surface area contributed by atoms with Crippen molar-refractivity contribution in [2.75, 3.05) is 11.9 Å². The smallest absolute Gasteiger partial charge is 0.0226 e. The quantitative estimate of drug-likeness (QED) is 0.393. The SMILES string of the molecule is CC(C)(C)[Si-]OCCBr. The first-order valence-corrected chi connectivity index (χ1v) is 5.04. The second-order valence-electron chi connectivity index (χ2n) is 2.89. The van der Waals surface area contributed by atoms with Crippen LogP contribution in [-0.2, 0) is 4.43 Å². The summed E-state index contributed by atoms with van der Waals surface area (Å²) in [5.41, 5.74) is 0. The van der Waals surface area contributed by atoms with Gasteiger partial charge in [0, 0.05) is 11.9 Å². The molecule has 55 valence electrons. The molecule has 0 fully saturated rings. The van der Waals surface area contributed by atoms with E-state index < -0.39 is 0 Å². The average molecular weight is 209 g/mol. The van der Waals surface area contributed by atoms with E-state index in [1.165, 1.54) is 0 Å². The maximum Gasteiger partial charge on any atom is 0.0226 e. The molecule has 0 saturated carbocycles. The molecule has 9 heavy (non-hydrogen) atoms. The Balaban J connectivity index is 3.07. The fourth-order valence-electron chi connectivity index (χ4n) is 0.306. The number of alkyl halides is 1. The molecular weight excluding hydrogens is 196 g/mol. The lowest BCUT2D eigenvalue weighted by Gasteiger charge is -2.33. The van der Waals surface area contributed by atoms with E-state index in [4.69, 9.17) is 4.43 Å². The molecule has 0 spiro atoms. The second kappa shape index (κ2) is 4.47. The molecule has 0 aromatic rings. The van der Waals surface area contributed by atoms with Crippen molar-refractivity contribution in [1.82, 2.24) is 0 Å². The highest BCUT2D eigenvalue weighted by atomic mass is 79.9. The highest BCUT2D eigenvalue weighted by Crippen LogP contribution is 2.19. The topological polar surface area (TPSA) is 9.23 Å². The second-order valence-corrected chi connectivity index (χ2v) is 5.68. The van der Waals surface area contributed by atoms with E-state index in [1.807, 2.05) is 0 Å². The normalized spacial score (nSPS) is 12.0. The highest BCUT2D eigenvalue weighted by molar-refractivity contribution is 9.09. The summed E-state index contributed by atoms with van der Waals surface area (Å²) in [5, 5.41) is 1.28. The Bertz CT molecular complexity index is 69.9. The first-order chi connectivity index (χ1) is 4.06. The summed E-state index contributed by atoms with van der Waals surface area (Å²) in [6.07, 6.45) is 0. The van der Waals surface area contributed by atoms with Gasteiger partial charge in [-0.25, -0.2) is 0 Å². The molecule has 0 rings (SSSR count). The van der Waals surface area contributed by atoms with Crippen LogP contribution in [-0.4, -0.2) is 21.7 Å². The van der Waals surface area contributed by atoms with Crippen LogP contribution in [0.4, 0.5) is 0 Å². The Morgan fingerprint density at radius 2 is 2.00 bits per heavy atom. The third-order valence-corrected chi connectivity index (χ3v) is 1.84. The van der Waals surface area contributed by atoms with E-state index in [0.717, 1.165) is 11.9 Å². The molecule has 0 atom stereocenters. The van der Waals surface area contributed by atoms with E-state index in [0.29, 0.717) is 14.8 Å². The molecule has 1 radical (unpaired) electrons. The van der Waals surface area contributed by atoms with Gasteiger partial charge in [-0.05, 0) is 0 Å². The summed E-state index contributed by atoms with van der Waals surface area (Å²) >= 11 is 3.30. The van der Waals surface area contributed by atoms with Crippen molar-refractivity contribution in [3.8, 4) is 0 Å². The minimum atomic E-state index is 0.335. The Labute approximate surface area is 68.2 Å². The fraction of sp³-hybridized carbons (Fsp3) is 1.00. The molecule has 3 heteroatoms. The van der Waals surface area contributed by atoms with Crippen LogP contribution in [0.3, 0.4) is 0 Å². The Hall–Kier alpha value is 0.657. The molecule has 0 amide bonds. The van der Waals surface area contributed by atoms with E-state index in [9.17, 15) is 0 Å². The predicted octanol–water partition coefficient (Wildman–Crippen LogP) is 2.24. The van der Waals surface area contributed by atoms with Crippen molar-refractivity contribution >= 4 is 25.7 Å². The minimum Gasteiger partial charge on any atom is -0.621 e. The first-order valence-electron chi connectivity index (χ1n) is 3.01. The molecule has 0 aliphatic heterocycles. The molecule has 0 aliphatic rings. The molecule has 0 aromatic heterocycles.